The summed E-state index contributed by atoms with van der Waals surface area (Å²) in [6, 6.07) is 9.78. The minimum absolute atomic E-state index is 0. The third-order valence-corrected chi connectivity index (χ3v) is 2.99. The van der Waals surface area contributed by atoms with Gasteiger partial charge in [0.1, 0.15) is 12.3 Å². The maximum absolute atomic E-state index is 9.64. The van der Waals surface area contributed by atoms with E-state index in [2.05, 4.69) is 35.3 Å². The molecule has 0 aliphatic carbocycles. The Kier molecular flexibility index (Phi) is 5.64. The number of benzene rings is 1. The first-order chi connectivity index (χ1) is 8.69. The number of pyridine rings is 1. The molecule has 0 fully saturated rings. The zero-order chi connectivity index (χ0) is 13.0. The van der Waals surface area contributed by atoms with Gasteiger partial charge in [-0.15, -0.1) is 0 Å². The van der Waals surface area contributed by atoms with Crippen molar-refractivity contribution in [1.29, 1.82) is 0 Å². The normalized spacial score (nSPS) is 9.79. The predicted octanol–water partition coefficient (Wildman–Crippen LogP) is -0.376. The van der Waals surface area contributed by atoms with Crippen molar-refractivity contribution < 1.29 is 22.1 Å². The van der Waals surface area contributed by atoms with Gasteiger partial charge in [0.15, 0.2) is 12.4 Å². The molecule has 2 aromatic rings. The molecule has 0 aliphatic heterocycles. The first kappa shape index (κ1) is 15.3. The zero-order valence-electron chi connectivity index (χ0n) is 11.2. The van der Waals surface area contributed by atoms with Crippen molar-refractivity contribution in [1.82, 2.24) is 0 Å². The summed E-state index contributed by atoms with van der Waals surface area (Å²) in [6.07, 6.45) is 4.18. The van der Waals surface area contributed by atoms with Crippen molar-refractivity contribution in [2.75, 3.05) is 5.32 Å². The third kappa shape index (κ3) is 4.14. The van der Waals surface area contributed by atoms with Crippen LogP contribution < -0.4 is 22.3 Å². The van der Waals surface area contributed by atoms with Gasteiger partial charge in [0.25, 0.3) is 0 Å². The molecule has 0 aliphatic rings. The highest BCUT2D eigenvalue weighted by Gasteiger charge is 2.01. The Labute approximate surface area is 120 Å². The van der Waals surface area contributed by atoms with E-state index < -0.39 is 0 Å². The van der Waals surface area contributed by atoms with Gasteiger partial charge in [-0.2, -0.15) is 0 Å². The Morgan fingerprint density at radius 3 is 2.74 bits per heavy atom. The van der Waals surface area contributed by atoms with E-state index in [1.54, 1.807) is 6.07 Å². The molecule has 1 aromatic carbocycles. The van der Waals surface area contributed by atoms with Crippen LogP contribution in [0.5, 0.6) is 5.75 Å². The van der Waals surface area contributed by atoms with E-state index in [4.69, 9.17) is 0 Å². The maximum atomic E-state index is 9.64. The van der Waals surface area contributed by atoms with Crippen LogP contribution in [0.2, 0.25) is 0 Å². The van der Waals surface area contributed by atoms with E-state index in [0.29, 0.717) is 5.75 Å². The Morgan fingerprint density at radius 2 is 2.05 bits per heavy atom. The number of aromatic nitrogens is 1. The smallest absolute Gasteiger partial charge is 0.173 e. The van der Waals surface area contributed by atoms with Crippen LogP contribution in [-0.2, 0) is 13.1 Å². The molecule has 0 bridgehead atoms. The number of phenolic OH excluding ortho intramolecular Hbond substituents is 1. The number of nitrogens with zero attached hydrogens (tertiary/aromatic N) is 1. The van der Waals surface area contributed by atoms with Crippen LogP contribution in [0, 0.1) is 6.92 Å². The number of hydrogen-bond donors (Lipinski definition) is 2. The van der Waals surface area contributed by atoms with Gasteiger partial charge >= 0.3 is 0 Å². The second-order valence-electron chi connectivity index (χ2n) is 4.40. The molecule has 0 atom stereocenters. The van der Waals surface area contributed by atoms with Crippen LogP contribution >= 0.6 is 0 Å². The summed E-state index contributed by atoms with van der Waals surface area (Å²) >= 11 is 0. The minimum atomic E-state index is 0. The second kappa shape index (κ2) is 7.00. The van der Waals surface area contributed by atoms with Crippen LogP contribution in [-0.4, -0.2) is 5.11 Å². The first-order valence-electron chi connectivity index (χ1n) is 6.20. The lowest BCUT2D eigenvalue weighted by Crippen LogP contribution is -3.00. The molecule has 19 heavy (non-hydrogen) atoms. The van der Waals surface area contributed by atoms with Gasteiger partial charge in [0.05, 0.1) is 0 Å². The molecule has 1 aromatic heterocycles. The van der Waals surface area contributed by atoms with E-state index in [9.17, 15) is 5.11 Å². The van der Waals surface area contributed by atoms with Gasteiger partial charge in [-0.3, -0.25) is 0 Å². The lowest BCUT2D eigenvalue weighted by atomic mass is 10.2. The molecule has 4 heteroatoms. The molecule has 0 radical (unpaired) electrons. The third-order valence-electron chi connectivity index (χ3n) is 2.99. The highest BCUT2D eigenvalue weighted by molar-refractivity contribution is 5.51. The van der Waals surface area contributed by atoms with Crippen molar-refractivity contribution in [2.24, 2.45) is 0 Å². The molecule has 2 rings (SSSR count). The van der Waals surface area contributed by atoms with Gasteiger partial charge in [-0.1, -0.05) is 6.07 Å². The number of anilines is 1. The Morgan fingerprint density at radius 1 is 1.26 bits per heavy atom. The quantitative estimate of drug-likeness (QED) is 0.749. The standard InChI is InChI=1S/C15H18N2O.ClH/c1-3-17-8-4-5-13(11-17)10-16-14-7-6-12(2)15(18)9-14;/h4-9,11,16H,3,10H2,1-2H3;1H. The summed E-state index contributed by atoms with van der Waals surface area (Å²) in [5, 5.41) is 12.9. The predicted molar refractivity (Wildman–Crippen MR) is 72.5 cm³/mol. The lowest BCUT2D eigenvalue weighted by Gasteiger charge is -2.07. The van der Waals surface area contributed by atoms with Crippen LogP contribution in [0.4, 0.5) is 5.69 Å². The number of hydrogen-bond acceptors (Lipinski definition) is 2. The van der Waals surface area contributed by atoms with Crippen LogP contribution in [0.3, 0.4) is 0 Å². The SMILES string of the molecule is CC[n+]1cccc(CNc2ccc(C)c(O)c2)c1.[Cl-]. The molecule has 102 valence electrons. The molecule has 0 saturated carbocycles. The summed E-state index contributed by atoms with van der Waals surface area (Å²) in [4.78, 5) is 0. The molecule has 0 spiro atoms. The Bertz CT molecular complexity index is 543. The Balaban J connectivity index is 0.00000180. The van der Waals surface area contributed by atoms with Gasteiger partial charge in [0, 0.05) is 29.9 Å². The highest BCUT2D eigenvalue weighted by atomic mass is 35.5. The van der Waals surface area contributed by atoms with Crippen molar-refractivity contribution >= 4 is 5.69 Å². The van der Waals surface area contributed by atoms with Crippen LogP contribution in [0.1, 0.15) is 18.1 Å². The van der Waals surface area contributed by atoms with Gasteiger partial charge in [-0.05, 0) is 31.5 Å². The molecular weight excluding hydrogens is 260 g/mol. The molecule has 3 nitrogen and oxygen atoms in total. The van der Waals surface area contributed by atoms with Crippen LogP contribution in [0.25, 0.3) is 0 Å². The average Bonchev–Trinajstić information content (AvgIpc) is 2.40. The number of aryl methyl sites for hydroxylation is 2. The Hall–Kier alpha value is -1.74. The zero-order valence-corrected chi connectivity index (χ0v) is 12.0. The monoisotopic (exact) mass is 278 g/mol. The number of rotatable bonds is 4. The van der Waals surface area contributed by atoms with Gasteiger partial charge in [-0.25, -0.2) is 4.57 Å². The summed E-state index contributed by atoms with van der Waals surface area (Å²) in [5.41, 5.74) is 3.05. The van der Waals surface area contributed by atoms with Gasteiger partial charge < -0.3 is 22.8 Å². The number of aromatic hydroxyl groups is 1. The minimum Gasteiger partial charge on any atom is -1.00 e. The molecular formula is C15H19ClN2O. The van der Waals surface area contributed by atoms with E-state index in [1.165, 1.54) is 5.56 Å². The van der Waals surface area contributed by atoms with Crippen molar-refractivity contribution in [3.8, 4) is 5.75 Å². The maximum Gasteiger partial charge on any atom is 0.173 e. The highest BCUT2D eigenvalue weighted by Crippen LogP contribution is 2.21. The fourth-order valence-electron chi connectivity index (χ4n) is 1.80. The van der Waals surface area contributed by atoms with Gasteiger partial charge in [0.2, 0.25) is 0 Å². The summed E-state index contributed by atoms with van der Waals surface area (Å²) < 4.78 is 2.14. The number of halogens is 1. The second-order valence-corrected chi connectivity index (χ2v) is 4.40. The largest absolute Gasteiger partial charge is 1.00 e. The molecule has 0 saturated heterocycles. The van der Waals surface area contributed by atoms with E-state index >= 15 is 0 Å². The fourth-order valence-corrected chi connectivity index (χ4v) is 1.80. The summed E-state index contributed by atoms with van der Waals surface area (Å²) in [5.74, 6) is 0.330. The van der Waals surface area contributed by atoms with Crippen molar-refractivity contribution in [2.45, 2.75) is 26.9 Å². The molecule has 0 amide bonds. The summed E-state index contributed by atoms with van der Waals surface area (Å²) in [7, 11) is 0. The summed E-state index contributed by atoms with van der Waals surface area (Å²) in [6.45, 7) is 5.73. The first-order valence-corrected chi connectivity index (χ1v) is 6.20. The number of nitrogens with one attached hydrogen (secondary N) is 1. The topological polar surface area (TPSA) is 36.1 Å². The van der Waals surface area contributed by atoms with E-state index in [0.717, 1.165) is 24.3 Å². The number of phenols is 1. The van der Waals surface area contributed by atoms with E-state index in [1.807, 2.05) is 25.1 Å². The fraction of sp³-hybridized carbons (Fsp3) is 0.267. The van der Waals surface area contributed by atoms with E-state index in [-0.39, 0.29) is 12.4 Å². The molecule has 2 N–H and O–H groups in total. The molecule has 1 heterocycles. The van der Waals surface area contributed by atoms with Crippen molar-refractivity contribution in [3.05, 3.63) is 53.9 Å². The lowest BCUT2D eigenvalue weighted by molar-refractivity contribution is -0.693. The van der Waals surface area contributed by atoms with Crippen molar-refractivity contribution in [3.63, 3.8) is 0 Å². The molecule has 0 unspecified atom stereocenters. The average molecular weight is 279 g/mol. The van der Waals surface area contributed by atoms with Crippen LogP contribution in [0.15, 0.2) is 42.7 Å².